The topological polar surface area (TPSA) is 9.23 Å². The summed E-state index contributed by atoms with van der Waals surface area (Å²) in [4.78, 5) is 0. The second kappa shape index (κ2) is 12.2. The van der Waals surface area contributed by atoms with Crippen molar-refractivity contribution in [2.75, 3.05) is 6.61 Å². The highest BCUT2D eigenvalue weighted by molar-refractivity contribution is 7.96. The summed E-state index contributed by atoms with van der Waals surface area (Å²) in [5, 5.41) is 0. The van der Waals surface area contributed by atoms with Gasteiger partial charge in [-0.15, -0.1) is 0 Å². The van der Waals surface area contributed by atoms with Crippen molar-refractivity contribution >= 4 is 12.0 Å². The Balaban J connectivity index is 1.85. The van der Waals surface area contributed by atoms with Gasteiger partial charge in [0.05, 0.1) is 11.4 Å². The van der Waals surface area contributed by atoms with Gasteiger partial charge in [0.2, 0.25) is 0 Å². The highest BCUT2D eigenvalue weighted by atomic mass is 32.2. The fourth-order valence-corrected chi connectivity index (χ4v) is 3.44. The van der Waals surface area contributed by atoms with E-state index in [0.717, 1.165) is 13.0 Å². The van der Waals surface area contributed by atoms with E-state index in [1.54, 1.807) is 12.0 Å². The first-order chi connectivity index (χ1) is 10.7. The summed E-state index contributed by atoms with van der Waals surface area (Å²) < 4.78 is 5.96. The van der Waals surface area contributed by atoms with E-state index in [2.05, 4.69) is 39.0 Å². The van der Waals surface area contributed by atoms with Gasteiger partial charge in [-0.05, 0) is 26.7 Å². The Morgan fingerprint density at radius 2 is 1.59 bits per heavy atom. The fraction of sp³-hybridized carbons (Fsp3) is 0.800. The molecule has 0 aromatic heterocycles. The molecule has 1 aliphatic carbocycles. The number of hydrogen-bond acceptors (Lipinski definition) is 2. The lowest BCUT2D eigenvalue weighted by atomic mass is 9.98. The summed E-state index contributed by atoms with van der Waals surface area (Å²) in [6.07, 6.45) is 21.7. The summed E-state index contributed by atoms with van der Waals surface area (Å²) in [7, 11) is 0. The van der Waals surface area contributed by atoms with Crippen LogP contribution in [-0.2, 0) is 4.18 Å². The van der Waals surface area contributed by atoms with E-state index in [9.17, 15) is 0 Å². The largest absolute Gasteiger partial charge is 0.314 e. The Morgan fingerprint density at radius 1 is 1.00 bits per heavy atom. The molecule has 1 rings (SSSR count). The van der Waals surface area contributed by atoms with Gasteiger partial charge in [0, 0.05) is 12.0 Å². The molecule has 0 N–H and O–H groups in total. The van der Waals surface area contributed by atoms with Crippen molar-refractivity contribution in [1.82, 2.24) is 0 Å². The van der Waals surface area contributed by atoms with Gasteiger partial charge in [-0.3, -0.25) is 0 Å². The molecule has 0 spiro atoms. The van der Waals surface area contributed by atoms with Crippen LogP contribution in [0.25, 0.3) is 0 Å². The lowest BCUT2D eigenvalue weighted by molar-refractivity contribution is 0.348. The lowest BCUT2D eigenvalue weighted by Crippen LogP contribution is -2.18. The summed E-state index contributed by atoms with van der Waals surface area (Å²) >= 11 is 1.65. The van der Waals surface area contributed by atoms with Crippen LogP contribution >= 0.6 is 12.0 Å². The fourth-order valence-electron chi connectivity index (χ4n) is 2.69. The van der Waals surface area contributed by atoms with E-state index in [1.807, 2.05) is 0 Å². The van der Waals surface area contributed by atoms with Crippen molar-refractivity contribution in [2.45, 2.75) is 96.1 Å². The van der Waals surface area contributed by atoms with Crippen molar-refractivity contribution in [3.63, 3.8) is 0 Å². The number of unbranched alkanes of at least 4 members (excludes halogenated alkanes) is 9. The van der Waals surface area contributed by atoms with Crippen LogP contribution < -0.4 is 0 Å². The molecule has 22 heavy (non-hydrogen) atoms. The first-order valence-corrected chi connectivity index (χ1v) is 10.1. The highest BCUT2D eigenvalue weighted by Gasteiger charge is 2.23. The van der Waals surface area contributed by atoms with E-state index >= 15 is 0 Å². The van der Waals surface area contributed by atoms with Crippen LogP contribution in [0.4, 0.5) is 0 Å². The van der Waals surface area contributed by atoms with Gasteiger partial charge < -0.3 is 4.18 Å². The minimum absolute atomic E-state index is 0.137. The van der Waals surface area contributed by atoms with Gasteiger partial charge in [0.25, 0.3) is 0 Å². The van der Waals surface area contributed by atoms with Gasteiger partial charge in [-0.1, -0.05) is 88.5 Å². The molecule has 0 fully saturated rings. The van der Waals surface area contributed by atoms with E-state index in [4.69, 9.17) is 4.18 Å². The summed E-state index contributed by atoms with van der Waals surface area (Å²) in [5.41, 5.74) is 1.37. The molecule has 0 amide bonds. The Morgan fingerprint density at radius 3 is 2.14 bits per heavy atom. The molecular weight excluding hydrogens is 288 g/mol. The maximum Gasteiger partial charge on any atom is 0.0614 e. The molecule has 2 heteroatoms. The molecule has 1 aliphatic rings. The van der Waals surface area contributed by atoms with Crippen LogP contribution in [0.5, 0.6) is 0 Å². The molecule has 1 unspecified atom stereocenters. The zero-order chi connectivity index (χ0) is 16.1. The smallest absolute Gasteiger partial charge is 0.0614 e. The predicted molar refractivity (Wildman–Crippen MR) is 101 cm³/mol. The van der Waals surface area contributed by atoms with E-state index in [-0.39, 0.29) is 4.75 Å². The molecule has 0 saturated heterocycles. The Hall–Kier alpha value is -0.210. The van der Waals surface area contributed by atoms with Crippen LogP contribution in [0.15, 0.2) is 23.8 Å². The zero-order valence-electron chi connectivity index (χ0n) is 15.0. The maximum atomic E-state index is 5.82. The van der Waals surface area contributed by atoms with Crippen molar-refractivity contribution in [1.29, 1.82) is 0 Å². The second-order valence-corrected chi connectivity index (χ2v) is 8.22. The van der Waals surface area contributed by atoms with Crippen molar-refractivity contribution < 1.29 is 4.18 Å². The van der Waals surface area contributed by atoms with Crippen LogP contribution in [0.2, 0.25) is 0 Å². The Kier molecular flexibility index (Phi) is 11.0. The summed E-state index contributed by atoms with van der Waals surface area (Å²) in [6, 6.07) is 0. The minimum Gasteiger partial charge on any atom is -0.314 e. The first kappa shape index (κ1) is 19.8. The standard InChI is InChI=1S/C20H36OS/c1-4-5-6-7-8-9-10-11-12-13-18-21-22-20(3)16-14-19(2)15-17-20/h14-16H,4-13,17-18H2,1-3H3. The van der Waals surface area contributed by atoms with Gasteiger partial charge in [-0.25, -0.2) is 0 Å². The normalized spacial score (nSPS) is 21.1. The zero-order valence-corrected chi connectivity index (χ0v) is 15.9. The molecule has 128 valence electrons. The van der Waals surface area contributed by atoms with Crippen LogP contribution in [-0.4, -0.2) is 11.4 Å². The quantitative estimate of drug-likeness (QED) is 0.261. The van der Waals surface area contributed by atoms with Gasteiger partial charge in [0.15, 0.2) is 0 Å². The maximum absolute atomic E-state index is 5.82. The molecule has 0 bridgehead atoms. The van der Waals surface area contributed by atoms with Crippen LogP contribution in [0.3, 0.4) is 0 Å². The Bertz CT molecular complexity index is 335. The third-order valence-electron chi connectivity index (χ3n) is 4.36. The van der Waals surface area contributed by atoms with Crippen LogP contribution in [0.1, 0.15) is 91.4 Å². The highest BCUT2D eigenvalue weighted by Crippen LogP contribution is 2.35. The molecular formula is C20H36OS. The average Bonchev–Trinajstić information content (AvgIpc) is 2.52. The third kappa shape index (κ3) is 9.74. The number of allylic oxidation sites excluding steroid dienone is 3. The SMILES string of the molecule is CCCCCCCCCCCCOSC1(C)C=CC(C)=CC1. The van der Waals surface area contributed by atoms with E-state index in [1.165, 1.54) is 69.8 Å². The van der Waals surface area contributed by atoms with Gasteiger partial charge in [-0.2, -0.15) is 0 Å². The average molecular weight is 325 g/mol. The van der Waals surface area contributed by atoms with E-state index in [0.29, 0.717) is 0 Å². The van der Waals surface area contributed by atoms with Gasteiger partial charge in [0.1, 0.15) is 0 Å². The van der Waals surface area contributed by atoms with Crippen molar-refractivity contribution in [2.24, 2.45) is 0 Å². The van der Waals surface area contributed by atoms with Crippen molar-refractivity contribution in [3.8, 4) is 0 Å². The number of rotatable bonds is 13. The van der Waals surface area contributed by atoms with E-state index < -0.39 is 0 Å². The predicted octanol–water partition coefficient (Wildman–Crippen LogP) is 7.24. The summed E-state index contributed by atoms with van der Waals surface area (Å²) in [5.74, 6) is 0. The molecule has 1 atom stereocenters. The van der Waals surface area contributed by atoms with Crippen LogP contribution in [0, 0.1) is 0 Å². The number of hydrogen-bond donors (Lipinski definition) is 0. The summed E-state index contributed by atoms with van der Waals surface area (Å²) in [6.45, 7) is 7.59. The molecule has 0 saturated carbocycles. The molecule has 0 heterocycles. The molecule has 0 aromatic carbocycles. The molecule has 0 aliphatic heterocycles. The second-order valence-electron chi connectivity index (χ2n) is 6.89. The third-order valence-corrected chi connectivity index (χ3v) is 5.33. The first-order valence-electron chi connectivity index (χ1n) is 9.33. The Labute approximate surface area is 143 Å². The molecule has 1 nitrogen and oxygen atoms in total. The monoisotopic (exact) mass is 324 g/mol. The van der Waals surface area contributed by atoms with Crippen molar-refractivity contribution in [3.05, 3.63) is 23.8 Å². The lowest BCUT2D eigenvalue weighted by Gasteiger charge is -2.25. The molecule has 0 radical (unpaired) electrons. The minimum atomic E-state index is 0.137. The van der Waals surface area contributed by atoms with Gasteiger partial charge >= 0.3 is 0 Å². The molecule has 0 aromatic rings.